The van der Waals surface area contributed by atoms with Crippen LogP contribution in [0.25, 0.3) is 0 Å². The van der Waals surface area contributed by atoms with Crippen molar-refractivity contribution in [1.29, 1.82) is 0 Å². The predicted molar refractivity (Wildman–Crippen MR) is 112 cm³/mol. The zero-order valence-corrected chi connectivity index (χ0v) is 16.0. The molecule has 1 fully saturated rings. The van der Waals surface area contributed by atoms with Crippen molar-refractivity contribution in [2.45, 2.75) is 37.8 Å². The molecule has 0 heterocycles. The first-order valence-electron chi connectivity index (χ1n) is 9.04. The molecular weight excluding hydrogens is 356 g/mol. The lowest BCUT2D eigenvalue weighted by Gasteiger charge is -2.53. The quantitative estimate of drug-likeness (QED) is 0.453. The van der Waals surface area contributed by atoms with E-state index in [1.165, 1.54) is 0 Å². The first-order chi connectivity index (χ1) is 13.1. The van der Waals surface area contributed by atoms with Crippen LogP contribution in [0.4, 0.5) is 32.3 Å². The first-order valence-corrected chi connectivity index (χ1v) is 9.04. The van der Waals surface area contributed by atoms with Crippen LogP contribution in [0.2, 0.25) is 0 Å². The summed E-state index contributed by atoms with van der Waals surface area (Å²) in [5, 5.41) is 11.5. The molecule has 4 amide bonds. The lowest BCUT2D eigenvalue weighted by Crippen LogP contribution is -2.69. The fraction of sp³-hybridized carbons (Fsp3) is 0.300. The van der Waals surface area contributed by atoms with E-state index in [4.69, 9.17) is 11.5 Å². The number of amides is 4. The third-order valence-corrected chi connectivity index (χ3v) is 4.73. The van der Waals surface area contributed by atoms with Crippen LogP contribution in [0.5, 0.6) is 0 Å². The molecule has 1 aliphatic rings. The number of nitrogen functional groups attached to an aromatic ring is 2. The molecule has 0 aliphatic heterocycles. The largest absolute Gasteiger partial charge is 0.399 e. The molecule has 8 N–H and O–H groups in total. The Morgan fingerprint density at radius 1 is 0.714 bits per heavy atom. The maximum absolute atomic E-state index is 12.2. The smallest absolute Gasteiger partial charge is 0.319 e. The second kappa shape index (κ2) is 7.30. The molecule has 0 aromatic heterocycles. The second-order valence-electron chi connectivity index (χ2n) is 7.88. The van der Waals surface area contributed by atoms with Gasteiger partial charge < -0.3 is 32.7 Å². The molecule has 0 saturated heterocycles. The third kappa shape index (κ3) is 4.85. The van der Waals surface area contributed by atoms with Gasteiger partial charge in [-0.05, 0) is 75.2 Å². The van der Waals surface area contributed by atoms with Crippen molar-refractivity contribution < 1.29 is 9.59 Å². The van der Waals surface area contributed by atoms with Crippen LogP contribution in [0.3, 0.4) is 0 Å². The average Bonchev–Trinajstić information content (AvgIpc) is 2.57. The summed E-state index contributed by atoms with van der Waals surface area (Å²) in [4.78, 5) is 24.5. The molecule has 0 atom stereocenters. The van der Waals surface area contributed by atoms with Crippen molar-refractivity contribution in [3.63, 3.8) is 0 Å². The second-order valence-corrected chi connectivity index (χ2v) is 7.88. The van der Waals surface area contributed by atoms with Gasteiger partial charge in [0.2, 0.25) is 0 Å². The molecule has 2 aromatic rings. The van der Waals surface area contributed by atoms with Gasteiger partial charge in [0.05, 0.1) is 0 Å². The van der Waals surface area contributed by atoms with Gasteiger partial charge in [0.15, 0.2) is 0 Å². The number of hydrogen-bond donors (Lipinski definition) is 6. The average molecular weight is 382 g/mol. The number of anilines is 4. The predicted octanol–water partition coefficient (Wildman–Crippen LogP) is 3.11. The number of benzene rings is 2. The topological polar surface area (TPSA) is 134 Å². The highest BCUT2D eigenvalue weighted by molar-refractivity contribution is 5.91. The number of nitrogens with one attached hydrogen (secondary N) is 4. The van der Waals surface area contributed by atoms with Gasteiger partial charge in [-0.3, -0.25) is 0 Å². The fourth-order valence-electron chi connectivity index (χ4n) is 3.85. The number of rotatable bonds is 4. The van der Waals surface area contributed by atoms with Crippen molar-refractivity contribution in [2.75, 3.05) is 22.1 Å². The van der Waals surface area contributed by atoms with E-state index >= 15 is 0 Å². The maximum atomic E-state index is 12.2. The monoisotopic (exact) mass is 382 g/mol. The van der Waals surface area contributed by atoms with E-state index in [0.29, 0.717) is 35.6 Å². The molecular formula is C20H26N6O2. The van der Waals surface area contributed by atoms with Crippen molar-refractivity contribution in [3.05, 3.63) is 48.5 Å². The molecule has 0 radical (unpaired) electrons. The summed E-state index contributed by atoms with van der Waals surface area (Å²) in [5.41, 5.74) is 13.1. The van der Waals surface area contributed by atoms with Gasteiger partial charge in [-0.25, -0.2) is 9.59 Å². The van der Waals surface area contributed by atoms with Gasteiger partial charge in [-0.1, -0.05) is 0 Å². The Morgan fingerprint density at radius 3 is 1.36 bits per heavy atom. The van der Waals surface area contributed by atoms with Crippen LogP contribution in [0.15, 0.2) is 48.5 Å². The van der Waals surface area contributed by atoms with Gasteiger partial charge >= 0.3 is 12.1 Å². The standard InChI is InChI=1S/C20H26N6O2/c1-19(25-17(27)23-15-7-3-13(21)4-8-15)11-20(2,12-19)26-18(28)24-16-9-5-14(22)6-10-16/h3-10H,11-12,21-22H2,1-2H3,(H2,23,25,27)(H2,24,26,28). The molecule has 0 bridgehead atoms. The molecule has 3 rings (SSSR count). The van der Waals surface area contributed by atoms with Gasteiger partial charge in [-0.15, -0.1) is 0 Å². The van der Waals surface area contributed by atoms with Crippen molar-refractivity contribution in [3.8, 4) is 0 Å². The maximum Gasteiger partial charge on any atom is 0.319 e. The van der Waals surface area contributed by atoms with E-state index < -0.39 is 11.1 Å². The number of carbonyl (C=O) groups excluding carboxylic acids is 2. The minimum atomic E-state index is -0.402. The highest BCUT2D eigenvalue weighted by Gasteiger charge is 2.50. The minimum absolute atomic E-state index is 0.291. The van der Waals surface area contributed by atoms with Crippen molar-refractivity contribution >= 4 is 34.8 Å². The Bertz CT molecular complexity index is 786. The summed E-state index contributed by atoms with van der Waals surface area (Å²) in [6, 6.07) is 13.3. The zero-order valence-electron chi connectivity index (χ0n) is 16.0. The van der Waals surface area contributed by atoms with E-state index in [1.54, 1.807) is 48.5 Å². The summed E-state index contributed by atoms with van der Waals surface area (Å²) in [7, 11) is 0. The number of hydrogen-bond acceptors (Lipinski definition) is 4. The fourth-order valence-corrected chi connectivity index (χ4v) is 3.85. The summed E-state index contributed by atoms with van der Waals surface area (Å²) in [6.07, 6.45) is 1.23. The van der Waals surface area contributed by atoms with E-state index in [-0.39, 0.29) is 12.1 Å². The zero-order chi connectivity index (χ0) is 20.4. The molecule has 1 saturated carbocycles. The normalized spacial score (nSPS) is 23.2. The van der Waals surface area contributed by atoms with Crippen molar-refractivity contribution in [2.24, 2.45) is 0 Å². The van der Waals surface area contributed by atoms with Gasteiger partial charge in [0.1, 0.15) is 0 Å². The first kappa shape index (κ1) is 19.3. The lowest BCUT2D eigenvalue weighted by atomic mass is 9.64. The molecule has 8 heteroatoms. The van der Waals surface area contributed by atoms with E-state index in [2.05, 4.69) is 21.3 Å². The van der Waals surface area contributed by atoms with Crippen LogP contribution in [-0.2, 0) is 0 Å². The molecule has 8 nitrogen and oxygen atoms in total. The Morgan fingerprint density at radius 2 is 1.04 bits per heavy atom. The SMILES string of the molecule is CC1(NC(=O)Nc2ccc(N)cc2)CC(C)(NC(=O)Nc2ccc(N)cc2)C1. The van der Waals surface area contributed by atoms with E-state index in [9.17, 15) is 9.59 Å². The summed E-state index contributed by atoms with van der Waals surface area (Å²) in [5.74, 6) is 0. The molecule has 0 unspecified atom stereocenters. The lowest BCUT2D eigenvalue weighted by molar-refractivity contribution is 0.0892. The number of urea groups is 2. The number of carbonyl (C=O) groups is 2. The summed E-state index contributed by atoms with van der Waals surface area (Å²) >= 11 is 0. The molecule has 148 valence electrons. The number of nitrogens with two attached hydrogens (primary N) is 2. The Labute approximate surface area is 164 Å². The van der Waals surface area contributed by atoms with Crippen LogP contribution in [0, 0.1) is 0 Å². The van der Waals surface area contributed by atoms with Gasteiger partial charge in [0.25, 0.3) is 0 Å². The molecule has 0 spiro atoms. The Hall–Kier alpha value is -3.42. The summed E-state index contributed by atoms with van der Waals surface area (Å²) in [6.45, 7) is 3.91. The highest BCUT2D eigenvalue weighted by Crippen LogP contribution is 2.41. The van der Waals surface area contributed by atoms with Gasteiger partial charge in [0, 0.05) is 33.8 Å². The third-order valence-electron chi connectivity index (χ3n) is 4.73. The van der Waals surface area contributed by atoms with Crippen LogP contribution >= 0.6 is 0 Å². The van der Waals surface area contributed by atoms with E-state index in [0.717, 1.165) is 0 Å². The molecule has 2 aromatic carbocycles. The Balaban J connectivity index is 1.48. The van der Waals surface area contributed by atoms with Crippen LogP contribution < -0.4 is 32.7 Å². The molecule has 1 aliphatic carbocycles. The van der Waals surface area contributed by atoms with Crippen LogP contribution in [-0.4, -0.2) is 23.1 Å². The summed E-state index contributed by atoms with van der Waals surface area (Å²) < 4.78 is 0. The van der Waals surface area contributed by atoms with Crippen LogP contribution in [0.1, 0.15) is 26.7 Å². The van der Waals surface area contributed by atoms with E-state index in [1.807, 2.05) is 13.8 Å². The molecule has 28 heavy (non-hydrogen) atoms. The Kier molecular flexibility index (Phi) is 5.04. The highest BCUT2D eigenvalue weighted by atomic mass is 16.2. The van der Waals surface area contributed by atoms with Crippen molar-refractivity contribution in [1.82, 2.24) is 10.6 Å². The van der Waals surface area contributed by atoms with Gasteiger partial charge in [-0.2, -0.15) is 0 Å². The minimum Gasteiger partial charge on any atom is -0.399 e.